The summed E-state index contributed by atoms with van der Waals surface area (Å²) in [5.74, 6) is -1.35. The van der Waals surface area contributed by atoms with Gasteiger partial charge in [0, 0.05) is 17.3 Å². The lowest BCUT2D eigenvalue weighted by Crippen LogP contribution is -2.36. The van der Waals surface area contributed by atoms with Crippen molar-refractivity contribution >= 4 is 23.5 Å². The number of carboxylic acids is 1. The molecule has 124 valence electrons. The monoisotopic (exact) mass is 344 g/mol. The van der Waals surface area contributed by atoms with E-state index in [0.717, 1.165) is 18.4 Å². The molecule has 3 rings (SSSR count). The molecular formula is C18H17ClN2O3. The summed E-state index contributed by atoms with van der Waals surface area (Å²) >= 11 is 6.27. The Labute approximate surface area is 144 Å². The van der Waals surface area contributed by atoms with Crippen LogP contribution in [0.3, 0.4) is 0 Å². The summed E-state index contributed by atoms with van der Waals surface area (Å²) in [7, 11) is 0. The zero-order valence-electron chi connectivity index (χ0n) is 13.1. The van der Waals surface area contributed by atoms with Crippen LogP contribution in [0.15, 0.2) is 42.6 Å². The minimum absolute atomic E-state index is 0.0505. The molecule has 1 aliphatic rings. The van der Waals surface area contributed by atoms with E-state index in [0.29, 0.717) is 5.02 Å². The Hall–Kier alpha value is -2.40. The van der Waals surface area contributed by atoms with Gasteiger partial charge in [-0.25, -0.2) is 4.79 Å². The summed E-state index contributed by atoms with van der Waals surface area (Å²) in [6.07, 6.45) is 3.21. The lowest BCUT2D eigenvalue weighted by Gasteiger charge is -2.30. The zero-order chi connectivity index (χ0) is 17.3. The van der Waals surface area contributed by atoms with Crippen molar-refractivity contribution in [3.8, 4) is 0 Å². The van der Waals surface area contributed by atoms with Crippen LogP contribution in [-0.4, -0.2) is 32.9 Å². The SMILES string of the molecule is CC(c1ccccc1Cl)N(C(=O)c1cc(C(=O)O)ccn1)C1CC1. The van der Waals surface area contributed by atoms with E-state index in [2.05, 4.69) is 4.98 Å². The summed E-state index contributed by atoms with van der Waals surface area (Å²) in [6, 6.07) is 10.0. The van der Waals surface area contributed by atoms with Crippen LogP contribution in [0.4, 0.5) is 0 Å². The Balaban J connectivity index is 1.94. The average molecular weight is 345 g/mol. The maximum Gasteiger partial charge on any atom is 0.335 e. The second-order valence-electron chi connectivity index (χ2n) is 5.88. The molecule has 1 amide bonds. The maximum atomic E-state index is 13.0. The number of aromatic nitrogens is 1. The summed E-state index contributed by atoms with van der Waals surface area (Å²) < 4.78 is 0. The molecule has 1 unspecified atom stereocenters. The first kappa shape index (κ1) is 16.5. The van der Waals surface area contributed by atoms with Gasteiger partial charge in [0.05, 0.1) is 11.6 Å². The smallest absolute Gasteiger partial charge is 0.335 e. The first-order valence-electron chi connectivity index (χ1n) is 7.75. The van der Waals surface area contributed by atoms with Gasteiger partial charge in [-0.1, -0.05) is 29.8 Å². The highest BCUT2D eigenvalue weighted by atomic mass is 35.5. The molecule has 1 N–H and O–H groups in total. The maximum absolute atomic E-state index is 13.0. The predicted molar refractivity (Wildman–Crippen MR) is 90.3 cm³/mol. The van der Waals surface area contributed by atoms with E-state index < -0.39 is 5.97 Å². The van der Waals surface area contributed by atoms with E-state index in [1.165, 1.54) is 18.3 Å². The molecule has 1 aromatic carbocycles. The number of rotatable bonds is 5. The number of pyridine rings is 1. The number of carboxylic acid groups (broad SMARTS) is 1. The van der Waals surface area contributed by atoms with Gasteiger partial charge in [0.25, 0.3) is 5.91 Å². The van der Waals surface area contributed by atoms with Crippen molar-refractivity contribution in [3.63, 3.8) is 0 Å². The largest absolute Gasteiger partial charge is 0.478 e. The van der Waals surface area contributed by atoms with Crippen molar-refractivity contribution < 1.29 is 14.7 Å². The Morgan fingerprint density at radius 3 is 2.62 bits per heavy atom. The summed E-state index contributed by atoms with van der Waals surface area (Å²) in [5, 5.41) is 9.71. The molecule has 5 nitrogen and oxygen atoms in total. The topological polar surface area (TPSA) is 70.5 Å². The average Bonchev–Trinajstić information content (AvgIpc) is 3.40. The molecule has 1 fully saturated rings. The Kier molecular flexibility index (Phi) is 4.53. The van der Waals surface area contributed by atoms with Gasteiger partial charge in [-0.3, -0.25) is 9.78 Å². The Morgan fingerprint density at radius 1 is 1.29 bits per heavy atom. The van der Waals surface area contributed by atoms with E-state index >= 15 is 0 Å². The van der Waals surface area contributed by atoms with Gasteiger partial charge >= 0.3 is 5.97 Å². The molecule has 0 aliphatic heterocycles. The summed E-state index contributed by atoms with van der Waals surface area (Å²) in [6.45, 7) is 1.93. The minimum Gasteiger partial charge on any atom is -0.478 e. The molecular weight excluding hydrogens is 328 g/mol. The molecule has 1 heterocycles. The summed E-state index contributed by atoms with van der Waals surface area (Å²) in [5.41, 5.74) is 1.06. The normalized spacial score (nSPS) is 14.9. The summed E-state index contributed by atoms with van der Waals surface area (Å²) in [4.78, 5) is 29.9. The molecule has 1 aromatic heterocycles. The van der Waals surface area contributed by atoms with Crippen LogP contribution in [0.1, 0.15) is 52.2 Å². The molecule has 1 atom stereocenters. The molecule has 1 saturated carbocycles. The molecule has 0 bridgehead atoms. The van der Waals surface area contributed by atoms with Gasteiger partial charge in [0.1, 0.15) is 5.69 Å². The van der Waals surface area contributed by atoms with Crippen molar-refractivity contribution in [3.05, 3.63) is 64.4 Å². The first-order chi connectivity index (χ1) is 11.5. The van der Waals surface area contributed by atoms with Crippen LogP contribution < -0.4 is 0 Å². The quantitative estimate of drug-likeness (QED) is 0.895. The number of hydrogen-bond donors (Lipinski definition) is 1. The second kappa shape index (κ2) is 6.61. The van der Waals surface area contributed by atoms with Crippen LogP contribution in [-0.2, 0) is 0 Å². The van der Waals surface area contributed by atoms with Crippen LogP contribution in [0.5, 0.6) is 0 Å². The first-order valence-corrected chi connectivity index (χ1v) is 8.13. The zero-order valence-corrected chi connectivity index (χ0v) is 13.9. The van der Waals surface area contributed by atoms with Gasteiger partial charge < -0.3 is 10.0 Å². The lowest BCUT2D eigenvalue weighted by molar-refractivity contribution is 0.0668. The number of nitrogens with zero attached hydrogens (tertiary/aromatic N) is 2. The number of carbonyl (C=O) groups is 2. The van der Waals surface area contributed by atoms with Crippen LogP contribution in [0, 0.1) is 0 Å². The number of halogens is 1. The van der Waals surface area contributed by atoms with Gasteiger partial charge in [-0.05, 0) is 43.5 Å². The minimum atomic E-state index is -1.08. The predicted octanol–water partition coefficient (Wildman–Crippen LogP) is 3.80. The number of benzene rings is 1. The number of carbonyl (C=O) groups excluding carboxylic acids is 1. The van der Waals surface area contributed by atoms with E-state index in [9.17, 15) is 9.59 Å². The molecule has 1 aliphatic carbocycles. The van der Waals surface area contributed by atoms with Gasteiger partial charge in [0.2, 0.25) is 0 Å². The lowest BCUT2D eigenvalue weighted by atomic mass is 10.1. The molecule has 6 heteroatoms. The van der Waals surface area contributed by atoms with Crippen molar-refractivity contribution in [2.24, 2.45) is 0 Å². The highest BCUT2D eigenvalue weighted by Crippen LogP contribution is 2.37. The van der Waals surface area contributed by atoms with Crippen molar-refractivity contribution in [1.29, 1.82) is 0 Å². The van der Waals surface area contributed by atoms with Crippen molar-refractivity contribution in [1.82, 2.24) is 9.88 Å². The van der Waals surface area contributed by atoms with Crippen LogP contribution in [0.25, 0.3) is 0 Å². The van der Waals surface area contributed by atoms with Crippen LogP contribution >= 0.6 is 11.6 Å². The molecule has 0 radical (unpaired) electrons. The van der Waals surface area contributed by atoms with Gasteiger partial charge in [-0.15, -0.1) is 0 Å². The fourth-order valence-corrected chi connectivity index (χ4v) is 3.08. The fraction of sp³-hybridized carbons (Fsp3) is 0.278. The molecule has 0 saturated heterocycles. The highest BCUT2D eigenvalue weighted by molar-refractivity contribution is 6.31. The number of hydrogen-bond acceptors (Lipinski definition) is 3. The third-order valence-corrected chi connectivity index (χ3v) is 4.52. The second-order valence-corrected chi connectivity index (χ2v) is 6.28. The van der Waals surface area contributed by atoms with E-state index in [-0.39, 0.29) is 29.2 Å². The van der Waals surface area contributed by atoms with Crippen molar-refractivity contribution in [2.45, 2.75) is 31.8 Å². The van der Waals surface area contributed by atoms with E-state index in [4.69, 9.17) is 16.7 Å². The molecule has 24 heavy (non-hydrogen) atoms. The van der Waals surface area contributed by atoms with E-state index in [1.807, 2.05) is 25.1 Å². The standard InChI is InChI=1S/C18H17ClN2O3/c1-11(14-4-2-3-5-15(14)19)21(13-6-7-13)17(22)16-10-12(18(23)24)8-9-20-16/h2-5,8-11,13H,6-7H2,1H3,(H,23,24). The third kappa shape index (κ3) is 3.26. The van der Waals surface area contributed by atoms with Gasteiger partial charge in [-0.2, -0.15) is 0 Å². The fourth-order valence-electron chi connectivity index (χ4n) is 2.79. The molecule has 0 spiro atoms. The Bertz CT molecular complexity index is 789. The van der Waals surface area contributed by atoms with Crippen LogP contribution in [0.2, 0.25) is 5.02 Å². The van der Waals surface area contributed by atoms with Gasteiger partial charge in [0.15, 0.2) is 0 Å². The van der Waals surface area contributed by atoms with Crippen molar-refractivity contribution in [2.75, 3.05) is 0 Å². The van der Waals surface area contributed by atoms with E-state index in [1.54, 1.807) is 11.0 Å². The number of aromatic carboxylic acids is 1. The number of amides is 1. The molecule has 2 aromatic rings. The Morgan fingerprint density at radius 2 is 2.00 bits per heavy atom. The third-order valence-electron chi connectivity index (χ3n) is 4.17. The highest BCUT2D eigenvalue weighted by Gasteiger charge is 2.37.